The number of allylic oxidation sites excluding steroid dienone is 3. The summed E-state index contributed by atoms with van der Waals surface area (Å²) in [6.45, 7) is 6.43. The van der Waals surface area contributed by atoms with Crippen molar-refractivity contribution in [3.05, 3.63) is 24.3 Å². The molecule has 1 unspecified atom stereocenters. The second-order valence-electron chi connectivity index (χ2n) is 3.74. The second-order valence-corrected chi connectivity index (χ2v) is 3.74. The predicted molar refractivity (Wildman–Crippen MR) is 55.1 cm³/mol. The van der Waals surface area contributed by atoms with Crippen molar-refractivity contribution in [1.82, 2.24) is 0 Å². The molecule has 1 rings (SSSR count). The predicted octanol–water partition coefficient (Wildman–Crippen LogP) is 4.09. The first-order chi connectivity index (χ1) is 5.84. The highest BCUT2D eigenvalue weighted by Gasteiger charge is 2.12. The van der Waals surface area contributed by atoms with E-state index in [0.29, 0.717) is 0 Å². The van der Waals surface area contributed by atoms with Gasteiger partial charge in [-0.2, -0.15) is 0 Å². The van der Waals surface area contributed by atoms with E-state index >= 15 is 0 Å². The molecule has 12 heavy (non-hydrogen) atoms. The molecule has 0 heterocycles. The smallest absolute Gasteiger partial charge is 0.0168 e. The average molecular weight is 164 g/mol. The molecule has 0 aromatic rings. The van der Waals surface area contributed by atoms with E-state index in [-0.39, 0.29) is 0 Å². The summed E-state index contributed by atoms with van der Waals surface area (Å²) < 4.78 is 0. The Labute approximate surface area is 76.4 Å². The molecule has 0 aromatic carbocycles. The van der Waals surface area contributed by atoms with Crippen LogP contribution in [0, 0.1) is 5.92 Å². The molecule has 0 aromatic heterocycles. The molecule has 0 N–H and O–H groups in total. The van der Waals surface area contributed by atoms with Gasteiger partial charge in [0, 0.05) is 0 Å². The van der Waals surface area contributed by atoms with Crippen molar-refractivity contribution in [2.75, 3.05) is 0 Å². The van der Waals surface area contributed by atoms with Crippen LogP contribution >= 0.6 is 0 Å². The summed E-state index contributed by atoms with van der Waals surface area (Å²) in [7, 11) is 0. The molecule has 0 saturated heterocycles. The van der Waals surface area contributed by atoms with Gasteiger partial charge >= 0.3 is 0 Å². The quantitative estimate of drug-likeness (QED) is 0.549. The van der Waals surface area contributed by atoms with E-state index in [0.717, 1.165) is 5.92 Å². The van der Waals surface area contributed by atoms with E-state index < -0.39 is 0 Å². The van der Waals surface area contributed by atoms with Gasteiger partial charge in [-0.3, -0.25) is 0 Å². The van der Waals surface area contributed by atoms with Crippen molar-refractivity contribution in [1.29, 1.82) is 0 Å². The van der Waals surface area contributed by atoms with Crippen molar-refractivity contribution < 1.29 is 0 Å². The van der Waals surface area contributed by atoms with E-state index in [1.165, 1.54) is 44.1 Å². The molecule has 1 aliphatic rings. The number of unbranched alkanes of at least 4 members (excludes halogenated alkanes) is 1. The Kier molecular flexibility index (Phi) is 4.13. The molecule has 68 valence electrons. The Balaban J connectivity index is 2.26. The summed E-state index contributed by atoms with van der Waals surface area (Å²) in [5, 5.41) is 0. The van der Waals surface area contributed by atoms with Crippen LogP contribution < -0.4 is 0 Å². The molecule has 0 amide bonds. The molecule has 1 aliphatic carbocycles. The van der Waals surface area contributed by atoms with Gasteiger partial charge in [0.1, 0.15) is 0 Å². The van der Waals surface area contributed by atoms with Crippen molar-refractivity contribution in [2.24, 2.45) is 5.92 Å². The third-order valence-corrected chi connectivity index (χ3v) is 2.70. The lowest BCUT2D eigenvalue weighted by Gasteiger charge is -2.20. The molecule has 0 saturated carbocycles. The van der Waals surface area contributed by atoms with Crippen LogP contribution in [0.15, 0.2) is 24.3 Å². The van der Waals surface area contributed by atoms with E-state index in [9.17, 15) is 0 Å². The fourth-order valence-electron chi connectivity index (χ4n) is 1.77. The fraction of sp³-hybridized carbons (Fsp3) is 0.667. The highest BCUT2D eigenvalue weighted by Crippen LogP contribution is 2.27. The molecule has 0 spiro atoms. The third-order valence-electron chi connectivity index (χ3n) is 2.70. The maximum Gasteiger partial charge on any atom is -0.0168 e. The van der Waals surface area contributed by atoms with E-state index in [1.54, 1.807) is 0 Å². The maximum absolute atomic E-state index is 4.18. The summed E-state index contributed by atoms with van der Waals surface area (Å²) in [4.78, 5) is 0. The molecule has 0 fully saturated rings. The lowest BCUT2D eigenvalue weighted by Crippen LogP contribution is -2.05. The summed E-state index contributed by atoms with van der Waals surface area (Å²) in [5.41, 5.74) is 1.49. The molecular weight excluding hydrogens is 144 g/mol. The SMILES string of the molecule is C=C(CCCC)C1CC=CCC1. The standard InChI is InChI=1S/C12H20/c1-3-4-8-11(2)12-9-6-5-7-10-12/h5-6,12H,2-4,7-10H2,1H3. The Morgan fingerprint density at radius 2 is 2.33 bits per heavy atom. The summed E-state index contributed by atoms with van der Waals surface area (Å²) in [6.07, 6.45) is 12.3. The van der Waals surface area contributed by atoms with E-state index in [1.807, 2.05) is 0 Å². The maximum atomic E-state index is 4.18. The van der Waals surface area contributed by atoms with Crippen LogP contribution in [0.4, 0.5) is 0 Å². The second kappa shape index (κ2) is 5.18. The summed E-state index contributed by atoms with van der Waals surface area (Å²) in [5.74, 6) is 0.793. The normalized spacial score (nSPS) is 22.6. The molecule has 0 nitrogen and oxygen atoms in total. The monoisotopic (exact) mass is 164 g/mol. The third kappa shape index (κ3) is 2.84. The first-order valence-corrected chi connectivity index (χ1v) is 5.17. The van der Waals surface area contributed by atoms with Crippen LogP contribution in [0.25, 0.3) is 0 Å². The van der Waals surface area contributed by atoms with Crippen LogP contribution in [0.1, 0.15) is 45.4 Å². The Morgan fingerprint density at radius 3 is 2.92 bits per heavy atom. The molecule has 0 aliphatic heterocycles. The van der Waals surface area contributed by atoms with Gasteiger partial charge in [-0.25, -0.2) is 0 Å². The van der Waals surface area contributed by atoms with E-state index in [4.69, 9.17) is 0 Å². The zero-order chi connectivity index (χ0) is 8.81. The minimum Gasteiger partial charge on any atom is -0.0996 e. The Bertz CT molecular complexity index is 165. The molecule has 0 radical (unpaired) electrons. The van der Waals surface area contributed by atoms with Crippen LogP contribution in [-0.2, 0) is 0 Å². The van der Waals surface area contributed by atoms with Gasteiger partial charge in [0.05, 0.1) is 0 Å². The largest absolute Gasteiger partial charge is 0.0996 e. The van der Waals surface area contributed by atoms with Crippen molar-refractivity contribution in [3.8, 4) is 0 Å². The van der Waals surface area contributed by atoms with Crippen LogP contribution in [-0.4, -0.2) is 0 Å². The molecular formula is C12H20. The van der Waals surface area contributed by atoms with Crippen molar-refractivity contribution in [2.45, 2.75) is 45.4 Å². The Morgan fingerprint density at radius 1 is 1.50 bits per heavy atom. The zero-order valence-corrected chi connectivity index (χ0v) is 8.18. The van der Waals surface area contributed by atoms with Gasteiger partial charge in [0.2, 0.25) is 0 Å². The minimum atomic E-state index is 0.793. The van der Waals surface area contributed by atoms with Crippen molar-refractivity contribution >= 4 is 0 Å². The Hall–Kier alpha value is -0.520. The summed E-state index contributed by atoms with van der Waals surface area (Å²) in [6, 6.07) is 0. The summed E-state index contributed by atoms with van der Waals surface area (Å²) >= 11 is 0. The van der Waals surface area contributed by atoms with Crippen LogP contribution in [0.3, 0.4) is 0 Å². The number of hydrogen-bond acceptors (Lipinski definition) is 0. The van der Waals surface area contributed by atoms with E-state index in [2.05, 4.69) is 25.7 Å². The minimum absolute atomic E-state index is 0.793. The first-order valence-electron chi connectivity index (χ1n) is 5.17. The molecule has 0 heteroatoms. The average Bonchev–Trinajstić information content (AvgIpc) is 2.15. The van der Waals surface area contributed by atoms with Gasteiger partial charge in [-0.05, 0) is 38.0 Å². The van der Waals surface area contributed by atoms with Gasteiger partial charge in [-0.1, -0.05) is 37.6 Å². The van der Waals surface area contributed by atoms with Crippen LogP contribution in [0.2, 0.25) is 0 Å². The number of rotatable bonds is 4. The van der Waals surface area contributed by atoms with Gasteiger partial charge in [0.25, 0.3) is 0 Å². The zero-order valence-electron chi connectivity index (χ0n) is 8.18. The van der Waals surface area contributed by atoms with Gasteiger partial charge in [-0.15, -0.1) is 0 Å². The number of hydrogen-bond donors (Lipinski definition) is 0. The topological polar surface area (TPSA) is 0 Å². The lowest BCUT2D eigenvalue weighted by atomic mass is 9.86. The fourth-order valence-corrected chi connectivity index (χ4v) is 1.77. The highest BCUT2D eigenvalue weighted by atomic mass is 14.2. The molecule has 1 atom stereocenters. The first kappa shape index (κ1) is 9.57. The lowest BCUT2D eigenvalue weighted by molar-refractivity contribution is 0.528. The van der Waals surface area contributed by atoms with Gasteiger partial charge < -0.3 is 0 Å². The molecule has 0 bridgehead atoms. The highest BCUT2D eigenvalue weighted by molar-refractivity contribution is 5.06. The van der Waals surface area contributed by atoms with Gasteiger partial charge in [0.15, 0.2) is 0 Å². The van der Waals surface area contributed by atoms with Crippen LogP contribution in [0.5, 0.6) is 0 Å². The van der Waals surface area contributed by atoms with Crippen molar-refractivity contribution in [3.63, 3.8) is 0 Å².